The zero-order valence-electron chi connectivity index (χ0n) is 15.4. The molecule has 1 N–H and O–H groups in total. The highest BCUT2D eigenvalue weighted by atomic mass is 32.2. The molecule has 1 aliphatic heterocycles. The number of carbonyl (C=O) groups is 2. The molecule has 6 heteroatoms. The molecule has 4 rings (SSSR count). The van der Waals surface area contributed by atoms with Crippen molar-refractivity contribution in [3.8, 4) is 5.75 Å². The summed E-state index contributed by atoms with van der Waals surface area (Å²) in [5, 5.41) is 2.87. The number of rotatable bonds is 5. The van der Waals surface area contributed by atoms with Crippen molar-refractivity contribution >= 4 is 35.0 Å². The molecule has 140 valence electrons. The highest BCUT2D eigenvalue weighted by Crippen LogP contribution is 2.38. The Morgan fingerprint density at radius 3 is 2.63 bits per heavy atom. The van der Waals surface area contributed by atoms with Crippen molar-refractivity contribution in [2.24, 2.45) is 5.92 Å². The van der Waals surface area contributed by atoms with Crippen LogP contribution in [0, 0.1) is 5.92 Å². The lowest BCUT2D eigenvalue weighted by Crippen LogP contribution is -2.40. The predicted molar refractivity (Wildman–Crippen MR) is 108 cm³/mol. The number of thioether (sulfide) groups is 1. The van der Waals surface area contributed by atoms with Gasteiger partial charge in [0.15, 0.2) is 0 Å². The Balaban J connectivity index is 1.68. The zero-order chi connectivity index (χ0) is 19.0. The Hall–Kier alpha value is -2.47. The van der Waals surface area contributed by atoms with E-state index >= 15 is 0 Å². The van der Waals surface area contributed by atoms with E-state index in [4.69, 9.17) is 4.74 Å². The SMILES string of the molecule is COc1ccc(N(C(=O)c2ccc3c(c2)NC(=O)CS3)[C@@H](C)C2CC2)cc1. The molecule has 2 aromatic rings. The molecule has 0 bridgehead atoms. The van der Waals surface area contributed by atoms with Crippen LogP contribution in [0.15, 0.2) is 47.4 Å². The average Bonchev–Trinajstić information content (AvgIpc) is 3.53. The summed E-state index contributed by atoms with van der Waals surface area (Å²) in [4.78, 5) is 28.0. The lowest BCUT2D eigenvalue weighted by Gasteiger charge is -2.30. The van der Waals surface area contributed by atoms with E-state index in [2.05, 4.69) is 12.2 Å². The molecule has 0 saturated heterocycles. The first-order valence-corrected chi connectivity index (χ1v) is 10.1. The Morgan fingerprint density at radius 2 is 1.96 bits per heavy atom. The molecule has 2 aromatic carbocycles. The van der Waals surface area contributed by atoms with E-state index in [1.165, 1.54) is 11.8 Å². The number of hydrogen-bond acceptors (Lipinski definition) is 4. The van der Waals surface area contributed by atoms with Crippen LogP contribution in [0.2, 0.25) is 0 Å². The number of fused-ring (bicyclic) bond motifs is 1. The van der Waals surface area contributed by atoms with Gasteiger partial charge in [-0.05, 0) is 68.1 Å². The van der Waals surface area contributed by atoms with Crippen LogP contribution in [-0.2, 0) is 4.79 Å². The van der Waals surface area contributed by atoms with Crippen LogP contribution >= 0.6 is 11.8 Å². The molecule has 0 radical (unpaired) electrons. The molecule has 0 spiro atoms. The molecule has 0 aromatic heterocycles. The van der Waals surface area contributed by atoms with Crippen LogP contribution in [0.3, 0.4) is 0 Å². The van der Waals surface area contributed by atoms with E-state index in [1.807, 2.05) is 41.3 Å². The lowest BCUT2D eigenvalue weighted by molar-refractivity contribution is -0.113. The van der Waals surface area contributed by atoms with Crippen LogP contribution in [0.4, 0.5) is 11.4 Å². The first kappa shape index (κ1) is 17.9. The van der Waals surface area contributed by atoms with Crippen molar-refractivity contribution < 1.29 is 14.3 Å². The minimum Gasteiger partial charge on any atom is -0.497 e. The molecule has 2 aliphatic rings. The molecule has 1 aliphatic carbocycles. The number of ether oxygens (including phenoxy) is 1. The summed E-state index contributed by atoms with van der Waals surface area (Å²) in [5.41, 5.74) is 2.16. The maximum Gasteiger partial charge on any atom is 0.258 e. The quantitative estimate of drug-likeness (QED) is 0.843. The molecule has 1 atom stereocenters. The molecular weight excluding hydrogens is 360 g/mol. The summed E-state index contributed by atoms with van der Waals surface area (Å²) < 4.78 is 5.24. The van der Waals surface area contributed by atoms with Gasteiger partial charge in [-0.15, -0.1) is 11.8 Å². The predicted octanol–water partition coefficient (Wildman–Crippen LogP) is 4.18. The van der Waals surface area contributed by atoms with Crippen molar-refractivity contribution in [2.75, 3.05) is 23.1 Å². The first-order chi connectivity index (χ1) is 13.1. The van der Waals surface area contributed by atoms with Crippen molar-refractivity contribution in [1.82, 2.24) is 0 Å². The number of benzene rings is 2. The molecular formula is C21H22N2O3S. The van der Waals surface area contributed by atoms with E-state index in [9.17, 15) is 9.59 Å². The smallest absolute Gasteiger partial charge is 0.258 e. The summed E-state index contributed by atoms with van der Waals surface area (Å²) in [6.45, 7) is 2.11. The Morgan fingerprint density at radius 1 is 1.22 bits per heavy atom. The van der Waals surface area contributed by atoms with Crippen LogP contribution in [-0.4, -0.2) is 30.7 Å². The number of carbonyl (C=O) groups excluding carboxylic acids is 2. The van der Waals surface area contributed by atoms with E-state index in [0.29, 0.717) is 17.2 Å². The molecule has 27 heavy (non-hydrogen) atoms. The largest absolute Gasteiger partial charge is 0.497 e. The van der Waals surface area contributed by atoms with Gasteiger partial charge in [0.25, 0.3) is 5.91 Å². The van der Waals surface area contributed by atoms with Crippen LogP contribution in [0.25, 0.3) is 0 Å². The fourth-order valence-electron chi connectivity index (χ4n) is 3.42. The van der Waals surface area contributed by atoms with Gasteiger partial charge in [0.1, 0.15) is 5.75 Å². The van der Waals surface area contributed by atoms with E-state index in [-0.39, 0.29) is 17.9 Å². The first-order valence-electron chi connectivity index (χ1n) is 9.11. The monoisotopic (exact) mass is 382 g/mol. The Bertz CT molecular complexity index is 877. The summed E-state index contributed by atoms with van der Waals surface area (Å²) in [6.07, 6.45) is 2.30. The number of hydrogen-bond donors (Lipinski definition) is 1. The van der Waals surface area contributed by atoms with Gasteiger partial charge in [0, 0.05) is 22.2 Å². The molecule has 5 nitrogen and oxygen atoms in total. The number of amides is 2. The minimum absolute atomic E-state index is 0.0320. The standard InChI is InChI=1S/C21H22N2O3S/c1-13(14-3-4-14)23(16-6-8-17(26-2)9-7-16)21(25)15-5-10-19-18(11-15)22-20(24)12-27-19/h5-11,13-14H,3-4,12H2,1-2H3,(H,22,24)/t13-/m0/s1. The molecule has 1 fully saturated rings. The van der Waals surface area contributed by atoms with Crippen molar-refractivity contribution in [1.29, 1.82) is 0 Å². The summed E-state index contributed by atoms with van der Waals surface area (Å²) in [5.74, 6) is 1.63. The van der Waals surface area contributed by atoms with Crippen molar-refractivity contribution in [3.63, 3.8) is 0 Å². The molecule has 1 saturated carbocycles. The van der Waals surface area contributed by atoms with Crippen LogP contribution in [0.5, 0.6) is 5.75 Å². The summed E-state index contributed by atoms with van der Waals surface area (Å²) >= 11 is 1.50. The molecule has 1 heterocycles. The van der Waals surface area contributed by atoms with Gasteiger partial charge in [-0.2, -0.15) is 0 Å². The van der Waals surface area contributed by atoms with Crippen molar-refractivity contribution in [2.45, 2.75) is 30.7 Å². The normalized spacial score (nSPS) is 16.9. The third-order valence-corrected chi connectivity index (χ3v) is 6.21. The van der Waals surface area contributed by atoms with Gasteiger partial charge in [-0.25, -0.2) is 0 Å². The van der Waals surface area contributed by atoms with Crippen LogP contribution in [0.1, 0.15) is 30.1 Å². The maximum atomic E-state index is 13.4. The topological polar surface area (TPSA) is 58.6 Å². The second-order valence-corrected chi connectivity index (χ2v) is 8.02. The minimum atomic E-state index is -0.0489. The van der Waals surface area contributed by atoms with Crippen LogP contribution < -0.4 is 15.0 Å². The van der Waals surface area contributed by atoms with Gasteiger partial charge in [-0.3, -0.25) is 9.59 Å². The summed E-state index contributed by atoms with van der Waals surface area (Å²) in [6, 6.07) is 13.3. The maximum absolute atomic E-state index is 13.4. The fraction of sp³-hybridized carbons (Fsp3) is 0.333. The average molecular weight is 382 g/mol. The highest BCUT2D eigenvalue weighted by molar-refractivity contribution is 8.00. The number of nitrogens with one attached hydrogen (secondary N) is 1. The second kappa shape index (κ2) is 7.27. The number of nitrogens with zero attached hydrogens (tertiary/aromatic N) is 1. The zero-order valence-corrected chi connectivity index (χ0v) is 16.2. The Kier molecular flexibility index (Phi) is 4.83. The van der Waals surface area contributed by atoms with Gasteiger partial charge in [-0.1, -0.05) is 0 Å². The van der Waals surface area contributed by atoms with Gasteiger partial charge < -0.3 is 15.0 Å². The van der Waals surface area contributed by atoms with E-state index in [1.54, 1.807) is 13.2 Å². The van der Waals surface area contributed by atoms with E-state index < -0.39 is 0 Å². The number of methoxy groups -OCH3 is 1. The third-order valence-electron chi connectivity index (χ3n) is 5.14. The van der Waals surface area contributed by atoms with Crippen molar-refractivity contribution in [3.05, 3.63) is 48.0 Å². The number of anilines is 2. The third kappa shape index (κ3) is 3.67. The highest BCUT2D eigenvalue weighted by Gasteiger charge is 2.35. The molecule has 2 amide bonds. The summed E-state index contributed by atoms with van der Waals surface area (Å²) in [7, 11) is 1.63. The fourth-order valence-corrected chi connectivity index (χ4v) is 4.21. The van der Waals surface area contributed by atoms with Gasteiger partial charge in [0.2, 0.25) is 5.91 Å². The second-order valence-electron chi connectivity index (χ2n) is 7.00. The molecule has 0 unspecified atom stereocenters. The van der Waals surface area contributed by atoms with Gasteiger partial charge in [0.05, 0.1) is 18.6 Å². The van der Waals surface area contributed by atoms with E-state index in [0.717, 1.165) is 34.9 Å². The van der Waals surface area contributed by atoms with Gasteiger partial charge >= 0.3 is 0 Å². The lowest BCUT2D eigenvalue weighted by atomic mass is 10.1. The Labute approximate surface area is 163 Å².